The van der Waals surface area contributed by atoms with Crippen LogP contribution in [-0.2, 0) is 6.54 Å². The molecule has 1 aromatic heterocycles. The molecule has 1 aliphatic carbocycles. The van der Waals surface area contributed by atoms with Gasteiger partial charge >= 0.3 is 0 Å². The van der Waals surface area contributed by atoms with Crippen molar-refractivity contribution >= 4 is 0 Å². The van der Waals surface area contributed by atoms with Gasteiger partial charge in [-0.15, -0.1) is 0 Å². The molecule has 0 bridgehead atoms. The Bertz CT molecular complexity index is 367. The van der Waals surface area contributed by atoms with Gasteiger partial charge in [0, 0.05) is 13.1 Å². The van der Waals surface area contributed by atoms with Crippen molar-refractivity contribution < 1.29 is 4.42 Å². The van der Waals surface area contributed by atoms with Gasteiger partial charge in [0.15, 0.2) is 0 Å². The maximum atomic E-state index is 5.54. The average molecular weight is 292 g/mol. The van der Waals surface area contributed by atoms with E-state index in [0.717, 1.165) is 31.9 Å². The zero-order valence-electron chi connectivity index (χ0n) is 13.9. The van der Waals surface area contributed by atoms with Gasteiger partial charge in [-0.05, 0) is 43.5 Å². The third-order valence-corrected chi connectivity index (χ3v) is 4.88. The molecule has 0 spiro atoms. The minimum atomic E-state index is 0.453. The fraction of sp³-hybridized carbons (Fsp3) is 0.778. The third-order valence-electron chi connectivity index (χ3n) is 4.88. The van der Waals surface area contributed by atoms with E-state index in [1.54, 1.807) is 6.26 Å². The van der Waals surface area contributed by atoms with Crippen molar-refractivity contribution in [3.8, 4) is 0 Å². The number of nitrogens with zero attached hydrogens (tertiary/aromatic N) is 1. The van der Waals surface area contributed by atoms with Crippen LogP contribution in [0.5, 0.6) is 0 Å². The van der Waals surface area contributed by atoms with Gasteiger partial charge in [0.1, 0.15) is 5.76 Å². The first-order valence-electron chi connectivity index (χ1n) is 8.73. The SMILES string of the molecule is CCNCC1(CN(CC)Cc2ccco2)CCCCCC1. The molecule has 0 atom stereocenters. The molecular weight excluding hydrogens is 260 g/mol. The number of furan rings is 1. The Morgan fingerprint density at radius 2 is 1.95 bits per heavy atom. The highest BCUT2D eigenvalue weighted by Gasteiger charge is 2.32. The Labute approximate surface area is 130 Å². The van der Waals surface area contributed by atoms with Crippen LogP contribution in [0, 0.1) is 5.41 Å². The van der Waals surface area contributed by atoms with E-state index in [-0.39, 0.29) is 0 Å². The highest BCUT2D eigenvalue weighted by atomic mass is 16.3. The second-order valence-corrected chi connectivity index (χ2v) is 6.58. The number of hydrogen-bond donors (Lipinski definition) is 1. The molecule has 0 saturated heterocycles. The van der Waals surface area contributed by atoms with Crippen molar-refractivity contribution in [2.45, 2.75) is 58.9 Å². The van der Waals surface area contributed by atoms with Crippen molar-refractivity contribution in [2.24, 2.45) is 5.41 Å². The lowest BCUT2D eigenvalue weighted by atomic mass is 9.79. The summed E-state index contributed by atoms with van der Waals surface area (Å²) < 4.78 is 5.54. The molecule has 0 radical (unpaired) electrons. The van der Waals surface area contributed by atoms with Gasteiger partial charge in [0.05, 0.1) is 12.8 Å². The van der Waals surface area contributed by atoms with Crippen LogP contribution >= 0.6 is 0 Å². The van der Waals surface area contributed by atoms with Gasteiger partial charge < -0.3 is 9.73 Å². The lowest BCUT2D eigenvalue weighted by Gasteiger charge is -2.38. The number of rotatable bonds is 8. The summed E-state index contributed by atoms with van der Waals surface area (Å²) in [6.45, 7) is 9.94. The first-order valence-corrected chi connectivity index (χ1v) is 8.73. The Morgan fingerprint density at radius 3 is 2.52 bits per heavy atom. The van der Waals surface area contributed by atoms with Gasteiger partial charge in [-0.2, -0.15) is 0 Å². The van der Waals surface area contributed by atoms with Crippen LogP contribution in [-0.4, -0.2) is 31.1 Å². The molecule has 3 heteroatoms. The molecule has 0 aromatic carbocycles. The lowest BCUT2D eigenvalue weighted by Crippen LogP contribution is -2.43. The summed E-state index contributed by atoms with van der Waals surface area (Å²) in [5.74, 6) is 1.09. The average Bonchev–Trinajstić information content (AvgIpc) is 2.90. The van der Waals surface area contributed by atoms with Crippen LogP contribution in [0.15, 0.2) is 22.8 Å². The second-order valence-electron chi connectivity index (χ2n) is 6.58. The van der Waals surface area contributed by atoms with Crippen molar-refractivity contribution in [3.05, 3.63) is 24.2 Å². The monoisotopic (exact) mass is 292 g/mol. The van der Waals surface area contributed by atoms with Crippen LogP contribution in [0.3, 0.4) is 0 Å². The van der Waals surface area contributed by atoms with E-state index in [4.69, 9.17) is 4.42 Å². The van der Waals surface area contributed by atoms with Gasteiger partial charge in [0.2, 0.25) is 0 Å². The van der Waals surface area contributed by atoms with E-state index < -0.39 is 0 Å². The highest BCUT2D eigenvalue weighted by molar-refractivity contribution is 4.98. The largest absolute Gasteiger partial charge is 0.468 e. The molecule has 1 aromatic rings. The van der Waals surface area contributed by atoms with E-state index in [1.165, 1.54) is 45.1 Å². The predicted octanol–water partition coefficient (Wildman–Crippen LogP) is 4.05. The van der Waals surface area contributed by atoms with Gasteiger partial charge in [-0.3, -0.25) is 4.90 Å². The van der Waals surface area contributed by atoms with Crippen LogP contribution < -0.4 is 5.32 Å². The topological polar surface area (TPSA) is 28.4 Å². The number of hydrogen-bond acceptors (Lipinski definition) is 3. The standard InChI is InChI=1S/C18H32N2O/c1-3-19-15-18(11-7-5-6-8-12-18)16-20(4-2)14-17-10-9-13-21-17/h9-10,13,19H,3-8,11-12,14-16H2,1-2H3. The van der Waals surface area contributed by atoms with E-state index in [2.05, 4.69) is 30.1 Å². The van der Waals surface area contributed by atoms with Crippen molar-refractivity contribution in [1.29, 1.82) is 0 Å². The lowest BCUT2D eigenvalue weighted by molar-refractivity contribution is 0.120. The molecule has 0 unspecified atom stereocenters. The normalized spacial score (nSPS) is 18.8. The van der Waals surface area contributed by atoms with E-state index >= 15 is 0 Å². The molecule has 2 rings (SSSR count). The summed E-state index contributed by atoms with van der Waals surface area (Å²) in [6.07, 6.45) is 10.1. The van der Waals surface area contributed by atoms with Crippen molar-refractivity contribution in [3.63, 3.8) is 0 Å². The quantitative estimate of drug-likeness (QED) is 0.733. The molecular formula is C18H32N2O. The highest BCUT2D eigenvalue weighted by Crippen LogP contribution is 2.35. The van der Waals surface area contributed by atoms with E-state index in [9.17, 15) is 0 Å². The number of nitrogens with one attached hydrogen (secondary N) is 1. The Morgan fingerprint density at radius 1 is 1.19 bits per heavy atom. The zero-order valence-corrected chi connectivity index (χ0v) is 13.9. The molecule has 1 N–H and O–H groups in total. The summed E-state index contributed by atoms with van der Waals surface area (Å²) in [4.78, 5) is 2.56. The first-order chi connectivity index (χ1) is 10.3. The summed E-state index contributed by atoms with van der Waals surface area (Å²) >= 11 is 0. The Balaban J connectivity index is 2.00. The molecule has 3 nitrogen and oxygen atoms in total. The zero-order chi connectivity index (χ0) is 15.0. The molecule has 0 amide bonds. The summed E-state index contributed by atoms with van der Waals surface area (Å²) in [6, 6.07) is 4.08. The third kappa shape index (κ3) is 5.15. The molecule has 21 heavy (non-hydrogen) atoms. The minimum Gasteiger partial charge on any atom is -0.468 e. The Kier molecular flexibility index (Phi) is 6.78. The Hall–Kier alpha value is -0.800. The van der Waals surface area contributed by atoms with Gasteiger partial charge in [-0.25, -0.2) is 0 Å². The predicted molar refractivity (Wildman–Crippen MR) is 88.3 cm³/mol. The van der Waals surface area contributed by atoms with Gasteiger partial charge in [0.25, 0.3) is 0 Å². The molecule has 1 fully saturated rings. The summed E-state index contributed by atoms with van der Waals surface area (Å²) in [5, 5.41) is 3.62. The molecule has 0 aliphatic heterocycles. The van der Waals surface area contributed by atoms with Crippen LogP contribution in [0.2, 0.25) is 0 Å². The smallest absolute Gasteiger partial charge is 0.117 e. The second kappa shape index (κ2) is 8.60. The minimum absolute atomic E-state index is 0.453. The molecule has 1 saturated carbocycles. The summed E-state index contributed by atoms with van der Waals surface area (Å²) in [5.41, 5.74) is 0.453. The fourth-order valence-corrected chi connectivity index (χ4v) is 3.64. The maximum absolute atomic E-state index is 5.54. The maximum Gasteiger partial charge on any atom is 0.117 e. The van der Waals surface area contributed by atoms with Crippen LogP contribution in [0.1, 0.15) is 58.1 Å². The molecule has 1 heterocycles. The fourth-order valence-electron chi connectivity index (χ4n) is 3.64. The van der Waals surface area contributed by atoms with E-state index in [0.29, 0.717) is 5.41 Å². The molecule has 120 valence electrons. The van der Waals surface area contributed by atoms with Crippen LogP contribution in [0.25, 0.3) is 0 Å². The van der Waals surface area contributed by atoms with Gasteiger partial charge in [-0.1, -0.05) is 39.5 Å². The van der Waals surface area contributed by atoms with Crippen molar-refractivity contribution in [1.82, 2.24) is 10.2 Å². The van der Waals surface area contributed by atoms with Crippen molar-refractivity contribution in [2.75, 3.05) is 26.2 Å². The molecule has 1 aliphatic rings. The van der Waals surface area contributed by atoms with Crippen LogP contribution in [0.4, 0.5) is 0 Å². The first kappa shape index (κ1) is 16.6. The van der Waals surface area contributed by atoms with E-state index in [1.807, 2.05) is 6.07 Å². The summed E-state index contributed by atoms with van der Waals surface area (Å²) in [7, 11) is 0.